The molecular formula is C20H27N5O2. The molecule has 0 saturated carbocycles. The number of rotatable bonds is 6. The Hall–Kier alpha value is -2.67. The van der Waals surface area contributed by atoms with Crippen LogP contribution in [0, 0.1) is 6.92 Å². The highest BCUT2D eigenvalue weighted by Crippen LogP contribution is 2.18. The third kappa shape index (κ3) is 4.74. The minimum absolute atomic E-state index is 0.209. The van der Waals surface area contributed by atoms with Crippen LogP contribution in [0.2, 0.25) is 0 Å². The number of amides is 1. The molecule has 1 saturated heterocycles. The maximum atomic E-state index is 12.6. The summed E-state index contributed by atoms with van der Waals surface area (Å²) in [7, 11) is 0. The lowest BCUT2D eigenvalue weighted by molar-refractivity contribution is 0.102. The Balaban J connectivity index is 1.65. The second-order valence-electron chi connectivity index (χ2n) is 6.50. The monoisotopic (exact) mass is 369 g/mol. The van der Waals surface area contributed by atoms with Crippen LogP contribution in [0.15, 0.2) is 30.5 Å². The number of piperazine rings is 1. The first-order valence-electron chi connectivity index (χ1n) is 9.45. The minimum Gasteiger partial charge on any atom is -0.494 e. The number of likely N-dealkylation sites (N-methyl/N-ethyl adjacent to an activating group) is 1. The highest BCUT2D eigenvalue weighted by atomic mass is 16.5. The first kappa shape index (κ1) is 19.1. The lowest BCUT2D eigenvalue weighted by Gasteiger charge is -2.34. The van der Waals surface area contributed by atoms with Gasteiger partial charge in [-0.3, -0.25) is 4.79 Å². The summed E-state index contributed by atoms with van der Waals surface area (Å²) in [4.78, 5) is 26.1. The molecule has 0 atom stereocenters. The lowest BCUT2D eigenvalue weighted by atomic mass is 10.2. The van der Waals surface area contributed by atoms with Crippen LogP contribution in [0.5, 0.6) is 5.75 Å². The van der Waals surface area contributed by atoms with Gasteiger partial charge in [-0.05, 0) is 44.7 Å². The van der Waals surface area contributed by atoms with Crippen LogP contribution < -0.4 is 15.0 Å². The van der Waals surface area contributed by atoms with Gasteiger partial charge in [0.1, 0.15) is 5.75 Å². The molecule has 7 heteroatoms. The molecule has 0 bridgehead atoms. The summed E-state index contributed by atoms with van der Waals surface area (Å²) in [5.41, 5.74) is 1.88. The van der Waals surface area contributed by atoms with Gasteiger partial charge in [0, 0.05) is 38.1 Å². The normalized spacial score (nSPS) is 14.9. The van der Waals surface area contributed by atoms with Crippen molar-refractivity contribution in [1.29, 1.82) is 0 Å². The molecule has 1 amide bonds. The number of nitrogens with one attached hydrogen (secondary N) is 1. The fraction of sp³-hybridized carbons (Fsp3) is 0.450. The minimum atomic E-state index is -0.209. The van der Waals surface area contributed by atoms with E-state index in [2.05, 4.69) is 32.0 Å². The van der Waals surface area contributed by atoms with Crippen molar-refractivity contribution in [3.8, 4) is 5.75 Å². The standard InChI is InChI=1S/C20H27N5O2/c1-4-24-10-12-25(13-11-24)20-21-14-18(15(3)22-20)19(26)23-16-6-8-17(9-7-16)27-5-2/h6-9,14H,4-5,10-13H2,1-3H3,(H,23,26). The molecule has 1 fully saturated rings. The number of ether oxygens (including phenoxy) is 1. The quantitative estimate of drug-likeness (QED) is 0.844. The SMILES string of the molecule is CCOc1ccc(NC(=O)c2cnc(N3CCN(CC)CC3)nc2C)cc1. The van der Waals surface area contributed by atoms with Crippen molar-refractivity contribution >= 4 is 17.5 Å². The van der Waals surface area contributed by atoms with Crippen LogP contribution in [-0.2, 0) is 0 Å². The van der Waals surface area contributed by atoms with E-state index in [4.69, 9.17) is 4.74 Å². The van der Waals surface area contributed by atoms with Crippen molar-refractivity contribution in [1.82, 2.24) is 14.9 Å². The average molecular weight is 369 g/mol. The van der Waals surface area contributed by atoms with E-state index in [-0.39, 0.29) is 5.91 Å². The van der Waals surface area contributed by atoms with E-state index in [1.54, 1.807) is 6.20 Å². The van der Waals surface area contributed by atoms with Crippen LogP contribution in [0.3, 0.4) is 0 Å². The average Bonchev–Trinajstić information content (AvgIpc) is 2.69. The summed E-state index contributed by atoms with van der Waals surface area (Å²) in [6.45, 7) is 11.5. The second kappa shape index (κ2) is 8.81. The summed E-state index contributed by atoms with van der Waals surface area (Å²) < 4.78 is 5.41. The van der Waals surface area contributed by atoms with Crippen molar-refractivity contribution in [2.45, 2.75) is 20.8 Å². The van der Waals surface area contributed by atoms with Crippen LogP contribution in [0.4, 0.5) is 11.6 Å². The van der Waals surface area contributed by atoms with Gasteiger partial charge in [-0.1, -0.05) is 6.92 Å². The lowest BCUT2D eigenvalue weighted by Crippen LogP contribution is -2.46. The maximum absolute atomic E-state index is 12.6. The van der Waals surface area contributed by atoms with E-state index in [0.29, 0.717) is 29.5 Å². The molecule has 1 aliphatic heterocycles. The summed E-state index contributed by atoms with van der Waals surface area (Å²) >= 11 is 0. The molecule has 0 unspecified atom stereocenters. The smallest absolute Gasteiger partial charge is 0.259 e. The molecule has 1 aliphatic rings. The highest BCUT2D eigenvalue weighted by Gasteiger charge is 2.19. The largest absolute Gasteiger partial charge is 0.494 e. The second-order valence-corrected chi connectivity index (χ2v) is 6.50. The van der Waals surface area contributed by atoms with Crippen LogP contribution in [0.1, 0.15) is 29.9 Å². The van der Waals surface area contributed by atoms with Crippen molar-refractivity contribution in [3.05, 3.63) is 41.7 Å². The van der Waals surface area contributed by atoms with E-state index in [9.17, 15) is 4.79 Å². The van der Waals surface area contributed by atoms with Crippen molar-refractivity contribution in [2.24, 2.45) is 0 Å². The fourth-order valence-electron chi connectivity index (χ4n) is 3.09. The van der Waals surface area contributed by atoms with E-state index in [1.165, 1.54) is 0 Å². The number of anilines is 2. The molecule has 144 valence electrons. The highest BCUT2D eigenvalue weighted by molar-refractivity contribution is 6.04. The van der Waals surface area contributed by atoms with Crippen LogP contribution >= 0.6 is 0 Å². The van der Waals surface area contributed by atoms with Crippen LogP contribution in [-0.4, -0.2) is 60.1 Å². The van der Waals surface area contributed by atoms with Crippen molar-refractivity contribution in [2.75, 3.05) is 49.5 Å². The number of nitrogens with zero attached hydrogens (tertiary/aromatic N) is 4. The Labute approximate surface area is 160 Å². The van der Waals surface area contributed by atoms with Crippen molar-refractivity contribution in [3.63, 3.8) is 0 Å². The predicted octanol–water partition coefficient (Wildman–Crippen LogP) is 2.58. The maximum Gasteiger partial charge on any atom is 0.259 e. The van der Waals surface area contributed by atoms with Crippen molar-refractivity contribution < 1.29 is 9.53 Å². The van der Waals surface area contributed by atoms with E-state index < -0.39 is 0 Å². The Morgan fingerprint density at radius 1 is 1.15 bits per heavy atom. The first-order chi connectivity index (χ1) is 13.1. The molecular weight excluding hydrogens is 342 g/mol. The summed E-state index contributed by atoms with van der Waals surface area (Å²) in [6.07, 6.45) is 1.62. The van der Waals surface area contributed by atoms with Crippen LogP contribution in [0.25, 0.3) is 0 Å². The number of carbonyl (C=O) groups is 1. The number of hydrogen-bond acceptors (Lipinski definition) is 6. The molecule has 0 radical (unpaired) electrons. The number of aromatic nitrogens is 2. The van der Waals surface area contributed by atoms with E-state index >= 15 is 0 Å². The number of carbonyl (C=O) groups excluding carboxylic acids is 1. The number of hydrogen-bond donors (Lipinski definition) is 1. The molecule has 2 heterocycles. The number of benzene rings is 1. The van der Waals surface area contributed by atoms with Gasteiger partial charge in [0.25, 0.3) is 5.91 Å². The molecule has 3 rings (SSSR count). The number of aryl methyl sites for hydroxylation is 1. The van der Waals surface area contributed by atoms with Gasteiger partial charge in [-0.15, -0.1) is 0 Å². The van der Waals surface area contributed by atoms with Gasteiger partial charge >= 0.3 is 0 Å². The summed E-state index contributed by atoms with van der Waals surface area (Å²) in [5, 5.41) is 2.89. The van der Waals surface area contributed by atoms with E-state index in [1.807, 2.05) is 38.1 Å². The Kier molecular flexibility index (Phi) is 6.24. The molecule has 1 aromatic carbocycles. The summed E-state index contributed by atoms with van der Waals surface area (Å²) in [6, 6.07) is 7.31. The molecule has 1 N–H and O–H groups in total. The fourth-order valence-corrected chi connectivity index (χ4v) is 3.09. The Morgan fingerprint density at radius 2 is 1.85 bits per heavy atom. The zero-order valence-corrected chi connectivity index (χ0v) is 16.2. The van der Waals surface area contributed by atoms with Gasteiger partial charge in [0.2, 0.25) is 5.95 Å². The van der Waals surface area contributed by atoms with Gasteiger partial charge < -0.3 is 19.9 Å². The molecule has 2 aromatic rings. The van der Waals surface area contributed by atoms with Gasteiger partial charge in [0.15, 0.2) is 0 Å². The zero-order valence-electron chi connectivity index (χ0n) is 16.2. The van der Waals surface area contributed by atoms with Gasteiger partial charge in [0.05, 0.1) is 17.9 Å². The van der Waals surface area contributed by atoms with E-state index in [0.717, 1.165) is 38.5 Å². The van der Waals surface area contributed by atoms with Gasteiger partial charge in [-0.2, -0.15) is 0 Å². The Morgan fingerprint density at radius 3 is 2.44 bits per heavy atom. The third-order valence-corrected chi connectivity index (χ3v) is 4.74. The molecule has 7 nitrogen and oxygen atoms in total. The molecule has 1 aromatic heterocycles. The first-order valence-corrected chi connectivity index (χ1v) is 9.45. The third-order valence-electron chi connectivity index (χ3n) is 4.74. The summed E-state index contributed by atoms with van der Waals surface area (Å²) in [5.74, 6) is 1.27. The molecule has 27 heavy (non-hydrogen) atoms. The topological polar surface area (TPSA) is 70.6 Å². The predicted molar refractivity (Wildman–Crippen MR) is 107 cm³/mol. The van der Waals surface area contributed by atoms with Gasteiger partial charge in [-0.25, -0.2) is 9.97 Å². The Bertz CT molecular complexity index is 770. The molecule has 0 aliphatic carbocycles. The zero-order chi connectivity index (χ0) is 19.2. The molecule has 0 spiro atoms.